The van der Waals surface area contributed by atoms with Crippen LogP contribution in [0, 0.1) is 0 Å². The van der Waals surface area contributed by atoms with E-state index in [-0.39, 0.29) is 0 Å². The largest absolute Gasteiger partial charge is 0.463 e. The molecule has 0 aromatic heterocycles. The van der Waals surface area contributed by atoms with Crippen LogP contribution in [0.3, 0.4) is 0 Å². The van der Waals surface area contributed by atoms with E-state index in [2.05, 4.69) is 12.6 Å². The second kappa shape index (κ2) is 12.8. The van der Waals surface area contributed by atoms with E-state index in [4.69, 9.17) is 33.2 Å². The molecule has 0 unspecified atom stereocenters. The zero-order valence-electron chi connectivity index (χ0n) is 19.5. The maximum atomic E-state index is 11.9. The van der Waals surface area contributed by atoms with Gasteiger partial charge in [-0.25, -0.2) is 0 Å². The predicted octanol–water partition coefficient (Wildman–Crippen LogP) is -2.18. The third kappa shape index (κ3) is 7.73. The number of rotatable bonds is 8. The summed E-state index contributed by atoms with van der Waals surface area (Å²) in [5.41, 5.74) is -1.14. The molecule has 2 fully saturated rings. The van der Waals surface area contributed by atoms with Crippen molar-refractivity contribution in [3.63, 3.8) is 0 Å². The van der Waals surface area contributed by atoms with E-state index in [0.29, 0.717) is 0 Å². The van der Waals surface area contributed by atoms with Gasteiger partial charge in [-0.1, -0.05) is 0 Å². The van der Waals surface area contributed by atoms with Crippen LogP contribution in [0.2, 0.25) is 0 Å². The Morgan fingerprint density at radius 2 is 1.29 bits per heavy atom. The zero-order chi connectivity index (χ0) is 26.4. The molecular formula is C20H30O14S. The van der Waals surface area contributed by atoms with Crippen molar-refractivity contribution in [2.24, 2.45) is 0 Å². The van der Waals surface area contributed by atoms with Gasteiger partial charge in [-0.3, -0.25) is 19.2 Å². The summed E-state index contributed by atoms with van der Waals surface area (Å²) in [7, 11) is 0. The Bertz CT molecular complexity index is 775. The summed E-state index contributed by atoms with van der Waals surface area (Å²) in [4.78, 5) is 46.9. The zero-order valence-corrected chi connectivity index (χ0v) is 20.4. The Labute approximate surface area is 206 Å². The molecule has 200 valence electrons. The average molecular weight is 527 g/mol. The Hall–Kier alpha value is -2.01. The van der Waals surface area contributed by atoms with Crippen molar-refractivity contribution >= 4 is 36.5 Å². The summed E-state index contributed by atoms with van der Waals surface area (Å²) in [6.45, 7) is 3.18. The second-order valence-corrected chi connectivity index (χ2v) is 8.41. The third-order valence-corrected chi connectivity index (χ3v) is 5.51. The number of ether oxygens (including phenoxy) is 7. The molecule has 0 aromatic carbocycles. The topological polar surface area (TPSA) is 194 Å². The molecule has 3 N–H and O–H groups in total. The summed E-state index contributed by atoms with van der Waals surface area (Å²) >= 11 is 4.00. The summed E-state index contributed by atoms with van der Waals surface area (Å²) < 4.78 is 37.7. The standard InChI is InChI=1S/C20H30O14S/c1-7(22)28-6-12-16(29-8(2)23)17(30-9(3)24)18(31-10(4)25)19(32-12)34-15-11(5-21)33-20(35)14(27)13(15)26/h11-21,26-27,35H,5-6H2,1-4H3/t11-,12-,13-,14-,15-,16-,17+,18-,19-,20+/m1/s1. The Morgan fingerprint density at radius 1 is 0.743 bits per heavy atom. The van der Waals surface area contributed by atoms with E-state index in [9.17, 15) is 34.5 Å². The van der Waals surface area contributed by atoms with Gasteiger partial charge in [0.2, 0.25) is 0 Å². The summed E-state index contributed by atoms with van der Waals surface area (Å²) in [6, 6.07) is 0. The smallest absolute Gasteiger partial charge is 0.303 e. The van der Waals surface area contributed by atoms with Gasteiger partial charge < -0.3 is 48.5 Å². The molecule has 0 saturated carbocycles. The van der Waals surface area contributed by atoms with Crippen molar-refractivity contribution in [1.29, 1.82) is 0 Å². The lowest BCUT2D eigenvalue weighted by Crippen LogP contribution is -2.66. The molecule has 2 saturated heterocycles. The molecule has 0 spiro atoms. The van der Waals surface area contributed by atoms with Crippen molar-refractivity contribution in [1.82, 2.24) is 0 Å². The average Bonchev–Trinajstić information content (AvgIpc) is 2.75. The quantitative estimate of drug-likeness (QED) is 0.151. The Morgan fingerprint density at radius 3 is 1.80 bits per heavy atom. The van der Waals surface area contributed by atoms with E-state index >= 15 is 0 Å². The number of aliphatic hydroxyl groups excluding tert-OH is 3. The Balaban J connectivity index is 2.46. The minimum Gasteiger partial charge on any atom is -0.463 e. The van der Waals surface area contributed by atoms with Crippen molar-refractivity contribution in [3.05, 3.63) is 0 Å². The van der Waals surface area contributed by atoms with E-state index < -0.39 is 97.6 Å². The van der Waals surface area contributed by atoms with Crippen LogP contribution in [0.1, 0.15) is 27.7 Å². The highest BCUT2D eigenvalue weighted by Gasteiger charge is 2.55. The first-order valence-electron chi connectivity index (χ1n) is 10.6. The minimum atomic E-state index is -1.63. The molecule has 10 atom stereocenters. The van der Waals surface area contributed by atoms with Crippen LogP contribution in [0.25, 0.3) is 0 Å². The molecule has 15 heteroatoms. The first-order valence-corrected chi connectivity index (χ1v) is 11.1. The molecular weight excluding hydrogens is 496 g/mol. The van der Waals surface area contributed by atoms with Crippen LogP contribution in [-0.4, -0.2) is 113 Å². The highest BCUT2D eigenvalue weighted by Crippen LogP contribution is 2.33. The molecule has 0 radical (unpaired) electrons. The molecule has 0 bridgehead atoms. The maximum Gasteiger partial charge on any atom is 0.303 e. The van der Waals surface area contributed by atoms with E-state index in [0.717, 1.165) is 27.7 Å². The van der Waals surface area contributed by atoms with Crippen LogP contribution in [0.5, 0.6) is 0 Å². The molecule has 0 aromatic rings. The lowest BCUT2D eigenvalue weighted by atomic mass is 9.96. The number of aliphatic hydroxyl groups is 3. The third-order valence-electron chi connectivity index (χ3n) is 5.08. The van der Waals surface area contributed by atoms with Gasteiger partial charge in [0.05, 0.1) is 6.61 Å². The van der Waals surface area contributed by atoms with Crippen molar-refractivity contribution < 1.29 is 67.7 Å². The Kier molecular flexibility index (Phi) is 10.7. The molecule has 0 amide bonds. The van der Waals surface area contributed by atoms with Gasteiger partial charge in [0.25, 0.3) is 0 Å². The van der Waals surface area contributed by atoms with Crippen LogP contribution >= 0.6 is 12.6 Å². The predicted molar refractivity (Wildman–Crippen MR) is 114 cm³/mol. The van der Waals surface area contributed by atoms with Gasteiger partial charge in [0, 0.05) is 27.7 Å². The fraction of sp³-hybridized carbons (Fsp3) is 0.800. The number of hydrogen-bond donors (Lipinski definition) is 4. The van der Waals surface area contributed by atoms with E-state index in [1.165, 1.54) is 0 Å². The second-order valence-electron chi connectivity index (χ2n) is 7.90. The van der Waals surface area contributed by atoms with Crippen LogP contribution < -0.4 is 0 Å². The van der Waals surface area contributed by atoms with Gasteiger partial charge in [-0.05, 0) is 0 Å². The molecule has 2 aliphatic rings. The summed E-state index contributed by atoms with van der Waals surface area (Å²) in [5.74, 6) is -3.18. The normalized spacial score (nSPS) is 37.1. The number of esters is 4. The van der Waals surface area contributed by atoms with E-state index in [1.54, 1.807) is 0 Å². The minimum absolute atomic E-state index is 0.480. The fourth-order valence-electron chi connectivity index (χ4n) is 3.69. The SMILES string of the molecule is CC(=O)OC[C@H]1O[C@H](O[C@H]2[C@H](O)[C@@H](O)[C@H](S)O[C@@H]2CO)[C@H](OC(C)=O)[C@@H](OC(C)=O)[C@@H]1OC(C)=O. The molecule has 2 heterocycles. The first-order chi connectivity index (χ1) is 16.3. The molecule has 14 nitrogen and oxygen atoms in total. The number of carbonyl (C=O) groups excluding carboxylic acids is 4. The lowest BCUT2D eigenvalue weighted by molar-refractivity contribution is -0.340. The van der Waals surface area contributed by atoms with Crippen molar-refractivity contribution in [3.8, 4) is 0 Å². The van der Waals surface area contributed by atoms with Gasteiger partial charge in [0.15, 0.2) is 24.6 Å². The summed E-state index contributed by atoms with van der Waals surface area (Å²) in [6.07, 6.45) is -13.1. The first kappa shape index (κ1) is 29.2. The fourth-order valence-corrected chi connectivity index (χ4v) is 4.02. The monoisotopic (exact) mass is 526 g/mol. The van der Waals surface area contributed by atoms with E-state index in [1.807, 2.05) is 0 Å². The maximum absolute atomic E-state index is 11.9. The van der Waals surface area contributed by atoms with Gasteiger partial charge >= 0.3 is 23.9 Å². The molecule has 2 rings (SSSR count). The molecule has 2 aliphatic heterocycles. The van der Waals surface area contributed by atoms with Crippen molar-refractivity contribution in [2.45, 2.75) is 88.3 Å². The van der Waals surface area contributed by atoms with Crippen LogP contribution in [-0.2, 0) is 52.3 Å². The van der Waals surface area contributed by atoms with Gasteiger partial charge in [-0.2, -0.15) is 0 Å². The highest BCUT2D eigenvalue weighted by molar-refractivity contribution is 7.80. The number of carbonyl (C=O) groups is 4. The highest BCUT2D eigenvalue weighted by atomic mass is 32.1. The summed E-state index contributed by atoms with van der Waals surface area (Å²) in [5, 5.41) is 30.4. The lowest BCUT2D eigenvalue weighted by Gasteiger charge is -2.47. The van der Waals surface area contributed by atoms with Crippen molar-refractivity contribution in [2.75, 3.05) is 13.2 Å². The molecule has 35 heavy (non-hydrogen) atoms. The van der Waals surface area contributed by atoms with Gasteiger partial charge in [0.1, 0.15) is 42.6 Å². The number of thiol groups is 1. The van der Waals surface area contributed by atoms with Crippen LogP contribution in [0.4, 0.5) is 0 Å². The van der Waals surface area contributed by atoms with Gasteiger partial charge in [-0.15, -0.1) is 12.6 Å². The number of hydrogen-bond acceptors (Lipinski definition) is 15. The van der Waals surface area contributed by atoms with Crippen LogP contribution in [0.15, 0.2) is 0 Å². The molecule has 0 aliphatic carbocycles.